The van der Waals surface area contributed by atoms with Gasteiger partial charge in [0.2, 0.25) is 11.8 Å². The smallest absolute Gasteiger partial charge is 0.255 e. The Morgan fingerprint density at radius 1 is 1.03 bits per heavy atom. The van der Waals surface area contributed by atoms with E-state index < -0.39 is 5.91 Å². The SMILES string of the molecule is COc1cc(CNC(=O)C2CCN(C(=O)CCOc3ccccc3)CC2)ccc1OCC(N)=O. The molecule has 34 heavy (non-hydrogen) atoms. The van der Waals surface area contributed by atoms with Gasteiger partial charge in [0.25, 0.3) is 5.91 Å². The molecular formula is C25H31N3O6. The molecule has 1 aliphatic heterocycles. The van der Waals surface area contributed by atoms with Gasteiger partial charge in [0, 0.05) is 25.6 Å². The number of methoxy groups -OCH3 is 1. The van der Waals surface area contributed by atoms with Gasteiger partial charge in [0.1, 0.15) is 5.75 Å². The van der Waals surface area contributed by atoms with E-state index in [1.807, 2.05) is 30.3 Å². The van der Waals surface area contributed by atoms with Crippen LogP contribution in [0.25, 0.3) is 0 Å². The first-order chi connectivity index (χ1) is 16.5. The lowest BCUT2D eigenvalue weighted by atomic mass is 9.95. The molecule has 9 nitrogen and oxygen atoms in total. The lowest BCUT2D eigenvalue weighted by molar-refractivity contribution is -0.136. The number of hydrogen-bond acceptors (Lipinski definition) is 6. The van der Waals surface area contributed by atoms with Crippen molar-refractivity contribution in [1.82, 2.24) is 10.2 Å². The molecule has 3 amide bonds. The molecule has 0 atom stereocenters. The summed E-state index contributed by atoms with van der Waals surface area (Å²) < 4.78 is 16.2. The highest BCUT2D eigenvalue weighted by atomic mass is 16.5. The van der Waals surface area contributed by atoms with Crippen LogP contribution in [-0.2, 0) is 20.9 Å². The Hall–Kier alpha value is -3.75. The van der Waals surface area contributed by atoms with E-state index in [1.165, 1.54) is 7.11 Å². The molecule has 0 aromatic heterocycles. The van der Waals surface area contributed by atoms with Gasteiger partial charge in [-0.05, 0) is 42.7 Å². The molecule has 1 aliphatic rings. The summed E-state index contributed by atoms with van der Waals surface area (Å²) in [6.45, 7) is 1.54. The van der Waals surface area contributed by atoms with E-state index in [1.54, 1.807) is 23.1 Å². The zero-order valence-electron chi connectivity index (χ0n) is 19.3. The first-order valence-electron chi connectivity index (χ1n) is 11.3. The van der Waals surface area contributed by atoms with Crippen LogP contribution in [-0.4, -0.2) is 56.0 Å². The number of nitrogens with two attached hydrogens (primary N) is 1. The van der Waals surface area contributed by atoms with Gasteiger partial charge in [-0.3, -0.25) is 14.4 Å². The summed E-state index contributed by atoms with van der Waals surface area (Å²) in [6.07, 6.45) is 1.56. The Morgan fingerprint density at radius 3 is 2.44 bits per heavy atom. The van der Waals surface area contributed by atoms with E-state index in [0.29, 0.717) is 57.0 Å². The molecule has 1 fully saturated rings. The lowest BCUT2D eigenvalue weighted by Crippen LogP contribution is -2.43. The second kappa shape index (κ2) is 12.5. The quantitative estimate of drug-likeness (QED) is 0.519. The summed E-state index contributed by atoms with van der Waals surface area (Å²) in [5.41, 5.74) is 5.94. The minimum atomic E-state index is -0.577. The van der Waals surface area contributed by atoms with Gasteiger partial charge in [-0.15, -0.1) is 0 Å². The minimum absolute atomic E-state index is 0.0347. The Balaban J connectivity index is 1.39. The van der Waals surface area contributed by atoms with Gasteiger partial charge in [-0.2, -0.15) is 0 Å². The van der Waals surface area contributed by atoms with E-state index in [-0.39, 0.29) is 24.3 Å². The molecule has 0 radical (unpaired) electrons. The van der Waals surface area contributed by atoms with Gasteiger partial charge >= 0.3 is 0 Å². The third-order valence-electron chi connectivity index (χ3n) is 5.61. The molecule has 0 saturated carbocycles. The molecule has 1 heterocycles. The average molecular weight is 470 g/mol. The van der Waals surface area contributed by atoms with E-state index in [4.69, 9.17) is 19.9 Å². The fraction of sp³-hybridized carbons (Fsp3) is 0.400. The zero-order valence-corrected chi connectivity index (χ0v) is 19.3. The summed E-state index contributed by atoms with van der Waals surface area (Å²) in [7, 11) is 1.50. The molecule has 2 aromatic rings. The van der Waals surface area contributed by atoms with E-state index in [0.717, 1.165) is 11.3 Å². The van der Waals surface area contributed by atoms with Crippen molar-refractivity contribution in [3.63, 3.8) is 0 Å². The van der Waals surface area contributed by atoms with Crippen molar-refractivity contribution in [2.24, 2.45) is 11.7 Å². The van der Waals surface area contributed by atoms with Crippen molar-refractivity contribution >= 4 is 17.7 Å². The standard InChI is InChI=1S/C25H31N3O6/c1-32-22-15-18(7-8-21(22)34-17-23(26)29)16-27-25(31)19-9-12-28(13-10-19)24(30)11-14-33-20-5-3-2-4-6-20/h2-8,15,19H,9-14,16-17H2,1H3,(H2,26,29)(H,27,31). The van der Waals surface area contributed by atoms with Crippen molar-refractivity contribution < 1.29 is 28.6 Å². The number of carbonyl (C=O) groups is 3. The molecule has 182 valence electrons. The second-order valence-corrected chi connectivity index (χ2v) is 8.02. The van der Waals surface area contributed by atoms with E-state index >= 15 is 0 Å². The number of piperidine rings is 1. The number of ether oxygens (including phenoxy) is 3. The summed E-state index contributed by atoms with van der Waals surface area (Å²) >= 11 is 0. The van der Waals surface area contributed by atoms with Crippen LogP contribution in [0.1, 0.15) is 24.8 Å². The van der Waals surface area contributed by atoms with Gasteiger partial charge < -0.3 is 30.2 Å². The van der Waals surface area contributed by atoms with Crippen LogP contribution in [0.2, 0.25) is 0 Å². The fourth-order valence-electron chi connectivity index (χ4n) is 3.75. The summed E-state index contributed by atoms with van der Waals surface area (Å²) in [6, 6.07) is 14.6. The maximum Gasteiger partial charge on any atom is 0.255 e. The van der Waals surface area contributed by atoms with Crippen LogP contribution in [0.4, 0.5) is 0 Å². The maximum absolute atomic E-state index is 12.6. The Labute approximate surface area is 199 Å². The number of benzene rings is 2. The average Bonchev–Trinajstić information content (AvgIpc) is 2.86. The number of carbonyl (C=O) groups excluding carboxylic acids is 3. The molecule has 0 aliphatic carbocycles. The topological polar surface area (TPSA) is 120 Å². The maximum atomic E-state index is 12.6. The summed E-state index contributed by atoms with van der Waals surface area (Å²) in [4.78, 5) is 37.8. The molecule has 0 unspecified atom stereocenters. The number of primary amides is 1. The third kappa shape index (κ3) is 7.40. The zero-order chi connectivity index (χ0) is 24.3. The number of likely N-dealkylation sites (tertiary alicyclic amines) is 1. The molecule has 9 heteroatoms. The van der Waals surface area contributed by atoms with Crippen molar-refractivity contribution in [3.05, 3.63) is 54.1 Å². The van der Waals surface area contributed by atoms with Crippen molar-refractivity contribution in [2.45, 2.75) is 25.8 Å². The second-order valence-electron chi connectivity index (χ2n) is 8.02. The van der Waals surface area contributed by atoms with Crippen LogP contribution >= 0.6 is 0 Å². The largest absolute Gasteiger partial charge is 0.493 e. The van der Waals surface area contributed by atoms with Crippen LogP contribution in [0, 0.1) is 5.92 Å². The van der Waals surface area contributed by atoms with Crippen molar-refractivity contribution in [1.29, 1.82) is 0 Å². The first kappa shape index (κ1) is 24.9. The van der Waals surface area contributed by atoms with Gasteiger partial charge in [0.15, 0.2) is 18.1 Å². The fourth-order valence-corrected chi connectivity index (χ4v) is 3.75. The molecule has 3 rings (SSSR count). The number of hydrogen-bond donors (Lipinski definition) is 2. The Kier molecular flexibility index (Phi) is 9.13. The molecule has 2 aromatic carbocycles. The number of nitrogens with one attached hydrogen (secondary N) is 1. The van der Waals surface area contributed by atoms with Gasteiger partial charge in [0.05, 0.1) is 20.1 Å². The van der Waals surface area contributed by atoms with Gasteiger partial charge in [-0.25, -0.2) is 0 Å². The number of rotatable bonds is 11. The molecule has 1 saturated heterocycles. The van der Waals surface area contributed by atoms with Crippen molar-refractivity contribution in [2.75, 3.05) is 33.4 Å². The molecular weight excluding hydrogens is 438 g/mol. The van der Waals surface area contributed by atoms with E-state index in [2.05, 4.69) is 5.32 Å². The van der Waals surface area contributed by atoms with E-state index in [9.17, 15) is 14.4 Å². The predicted octanol–water partition coefficient (Wildman–Crippen LogP) is 1.88. The highest BCUT2D eigenvalue weighted by molar-refractivity contribution is 5.80. The van der Waals surface area contributed by atoms with Gasteiger partial charge in [-0.1, -0.05) is 24.3 Å². The Morgan fingerprint density at radius 2 is 1.76 bits per heavy atom. The number of para-hydroxylation sites is 1. The number of nitrogens with zero attached hydrogens (tertiary/aromatic N) is 1. The predicted molar refractivity (Wildman–Crippen MR) is 125 cm³/mol. The van der Waals surface area contributed by atoms with Crippen LogP contribution in [0.3, 0.4) is 0 Å². The summed E-state index contributed by atoms with van der Waals surface area (Å²) in [5, 5.41) is 2.95. The van der Waals surface area contributed by atoms with Crippen LogP contribution in [0.15, 0.2) is 48.5 Å². The third-order valence-corrected chi connectivity index (χ3v) is 5.61. The number of amides is 3. The monoisotopic (exact) mass is 469 g/mol. The van der Waals surface area contributed by atoms with Crippen molar-refractivity contribution in [3.8, 4) is 17.2 Å². The Bertz CT molecular complexity index is 974. The van der Waals surface area contributed by atoms with Crippen LogP contribution < -0.4 is 25.3 Å². The minimum Gasteiger partial charge on any atom is -0.493 e. The highest BCUT2D eigenvalue weighted by Crippen LogP contribution is 2.28. The van der Waals surface area contributed by atoms with Crippen LogP contribution in [0.5, 0.6) is 17.2 Å². The lowest BCUT2D eigenvalue weighted by Gasteiger charge is -2.31. The summed E-state index contributed by atoms with van der Waals surface area (Å²) in [5.74, 6) is 0.902. The molecule has 3 N–H and O–H groups in total. The molecule has 0 spiro atoms. The normalized spacial score (nSPS) is 13.7. The first-order valence-corrected chi connectivity index (χ1v) is 11.3. The highest BCUT2D eigenvalue weighted by Gasteiger charge is 2.27. The molecule has 0 bridgehead atoms.